The Morgan fingerprint density at radius 3 is 2.32 bits per heavy atom. The highest BCUT2D eigenvalue weighted by Gasteiger charge is 2.27. The van der Waals surface area contributed by atoms with Crippen LogP contribution in [0.1, 0.15) is 33.6 Å². The summed E-state index contributed by atoms with van der Waals surface area (Å²) in [6, 6.07) is -0.825. The molecule has 0 aromatic carbocycles. The van der Waals surface area contributed by atoms with E-state index in [1.807, 2.05) is 27.0 Å². The molecule has 0 radical (unpaired) electrons. The minimum Gasteiger partial charge on any atom is -0.480 e. The molecule has 0 saturated heterocycles. The number of hydrogen-bond acceptors (Lipinski definition) is 4. The molecule has 0 heterocycles. The zero-order valence-corrected chi connectivity index (χ0v) is 13.0. The summed E-state index contributed by atoms with van der Waals surface area (Å²) < 4.78 is 0. The third-order valence-corrected chi connectivity index (χ3v) is 3.38. The molecule has 6 heteroatoms. The predicted molar refractivity (Wildman–Crippen MR) is 79.2 cm³/mol. The lowest BCUT2D eigenvalue weighted by Crippen LogP contribution is -2.46. The molecule has 0 spiro atoms. The van der Waals surface area contributed by atoms with Crippen LogP contribution in [0.3, 0.4) is 0 Å². The number of aliphatic carboxylic acids is 1. The summed E-state index contributed by atoms with van der Waals surface area (Å²) in [6.45, 7) is 6.33. The summed E-state index contributed by atoms with van der Waals surface area (Å²) in [5.41, 5.74) is 5.61. The number of carbonyl (C=O) groups is 2. The van der Waals surface area contributed by atoms with Crippen LogP contribution in [-0.4, -0.2) is 41.6 Å². The fourth-order valence-corrected chi connectivity index (χ4v) is 2.28. The van der Waals surface area contributed by atoms with Crippen molar-refractivity contribution < 1.29 is 14.7 Å². The number of nitrogens with one attached hydrogen (secondary N) is 1. The van der Waals surface area contributed by atoms with E-state index >= 15 is 0 Å². The monoisotopic (exact) mass is 290 g/mol. The van der Waals surface area contributed by atoms with Crippen LogP contribution in [0.15, 0.2) is 0 Å². The van der Waals surface area contributed by atoms with E-state index in [1.165, 1.54) is 0 Å². The number of rotatable bonds is 8. The lowest BCUT2D eigenvalue weighted by molar-refractivity contribution is -0.142. The molecule has 0 rings (SSSR count). The van der Waals surface area contributed by atoms with Gasteiger partial charge in [-0.05, 0) is 30.3 Å². The number of carboxylic acid groups (broad SMARTS) is 1. The van der Waals surface area contributed by atoms with Crippen molar-refractivity contribution in [2.24, 2.45) is 17.1 Å². The summed E-state index contributed by atoms with van der Waals surface area (Å²) in [5, 5.41) is 11.7. The minimum absolute atomic E-state index is 0.0145. The second kappa shape index (κ2) is 8.43. The van der Waals surface area contributed by atoms with Crippen molar-refractivity contribution in [2.45, 2.75) is 39.7 Å². The van der Waals surface area contributed by atoms with E-state index in [-0.39, 0.29) is 23.8 Å². The lowest BCUT2D eigenvalue weighted by Gasteiger charge is -2.25. The van der Waals surface area contributed by atoms with E-state index in [2.05, 4.69) is 5.32 Å². The molecule has 0 saturated carbocycles. The molecular formula is C13H26N2O3S. The molecule has 2 atom stereocenters. The standard InChI is InChI=1S/C13H26N2O3S/c1-13(2,3)7-9(8-14)11(16)15-10(12(17)18)5-6-19-4/h9-10H,5-8,14H2,1-4H3,(H,15,16)(H,17,18)/t9?,10-/m0/s1. The van der Waals surface area contributed by atoms with Gasteiger partial charge < -0.3 is 16.2 Å². The Morgan fingerprint density at radius 2 is 1.95 bits per heavy atom. The predicted octanol–water partition coefficient (Wildman–Crippen LogP) is 1.32. The highest BCUT2D eigenvalue weighted by Crippen LogP contribution is 2.24. The maximum Gasteiger partial charge on any atom is 0.326 e. The molecule has 5 nitrogen and oxygen atoms in total. The van der Waals surface area contributed by atoms with Crippen molar-refractivity contribution in [3.05, 3.63) is 0 Å². The van der Waals surface area contributed by atoms with Crippen LogP contribution in [0.25, 0.3) is 0 Å². The normalized spacial score (nSPS) is 14.8. The summed E-state index contributed by atoms with van der Waals surface area (Å²) in [7, 11) is 0. The highest BCUT2D eigenvalue weighted by molar-refractivity contribution is 7.98. The van der Waals surface area contributed by atoms with Gasteiger partial charge in [-0.1, -0.05) is 20.8 Å². The fraction of sp³-hybridized carbons (Fsp3) is 0.846. The van der Waals surface area contributed by atoms with Crippen molar-refractivity contribution >= 4 is 23.6 Å². The van der Waals surface area contributed by atoms with E-state index in [9.17, 15) is 9.59 Å². The van der Waals surface area contributed by atoms with E-state index in [4.69, 9.17) is 10.8 Å². The van der Waals surface area contributed by atoms with Gasteiger partial charge in [0.15, 0.2) is 0 Å². The van der Waals surface area contributed by atoms with Gasteiger partial charge in [0, 0.05) is 6.54 Å². The van der Waals surface area contributed by atoms with Gasteiger partial charge in [-0.2, -0.15) is 11.8 Å². The topological polar surface area (TPSA) is 92.4 Å². The smallest absolute Gasteiger partial charge is 0.326 e. The van der Waals surface area contributed by atoms with Gasteiger partial charge in [-0.15, -0.1) is 0 Å². The molecule has 112 valence electrons. The van der Waals surface area contributed by atoms with Crippen molar-refractivity contribution in [3.63, 3.8) is 0 Å². The minimum atomic E-state index is -0.992. The molecule has 0 aromatic rings. The van der Waals surface area contributed by atoms with Crippen LogP contribution in [0, 0.1) is 11.3 Å². The van der Waals surface area contributed by atoms with Gasteiger partial charge in [-0.3, -0.25) is 4.79 Å². The Hall–Kier alpha value is -0.750. The van der Waals surface area contributed by atoms with E-state index < -0.39 is 12.0 Å². The van der Waals surface area contributed by atoms with Crippen LogP contribution in [0.5, 0.6) is 0 Å². The molecule has 0 aliphatic carbocycles. The first kappa shape index (κ1) is 18.2. The number of hydrogen-bond donors (Lipinski definition) is 3. The Labute approximate surface area is 119 Å². The summed E-state index contributed by atoms with van der Waals surface area (Å²) in [6.07, 6.45) is 2.97. The average Bonchev–Trinajstić information content (AvgIpc) is 2.29. The number of carboxylic acids is 1. The second-order valence-electron chi connectivity index (χ2n) is 5.88. The SMILES string of the molecule is CSCC[C@H](NC(=O)C(CN)CC(C)(C)C)C(=O)O. The highest BCUT2D eigenvalue weighted by atomic mass is 32.2. The van der Waals surface area contributed by atoms with Gasteiger partial charge in [0.2, 0.25) is 5.91 Å². The molecule has 0 bridgehead atoms. The number of amides is 1. The van der Waals surface area contributed by atoms with Gasteiger partial charge in [0.1, 0.15) is 6.04 Å². The van der Waals surface area contributed by atoms with Crippen LogP contribution in [-0.2, 0) is 9.59 Å². The van der Waals surface area contributed by atoms with Gasteiger partial charge in [-0.25, -0.2) is 4.79 Å². The van der Waals surface area contributed by atoms with Crippen molar-refractivity contribution in [2.75, 3.05) is 18.6 Å². The van der Waals surface area contributed by atoms with E-state index in [0.29, 0.717) is 18.6 Å². The van der Waals surface area contributed by atoms with Crippen molar-refractivity contribution in [1.82, 2.24) is 5.32 Å². The lowest BCUT2D eigenvalue weighted by atomic mass is 9.84. The molecule has 0 aliphatic rings. The Kier molecular flexibility index (Phi) is 8.09. The van der Waals surface area contributed by atoms with Crippen LogP contribution in [0.2, 0.25) is 0 Å². The maximum atomic E-state index is 12.1. The third kappa shape index (κ3) is 8.10. The first-order chi connectivity index (χ1) is 8.71. The molecule has 4 N–H and O–H groups in total. The summed E-state index contributed by atoms with van der Waals surface area (Å²) in [5.74, 6) is -0.889. The molecule has 0 fully saturated rings. The Bertz CT molecular complexity index is 303. The zero-order chi connectivity index (χ0) is 15.1. The Balaban J connectivity index is 4.55. The number of nitrogens with two attached hydrogens (primary N) is 1. The molecule has 1 unspecified atom stereocenters. The quantitative estimate of drug-likeness (QED) is 0.627. The van der Waals surface area contributed by atoms with Gasteiger partial charge in [0.25, 0.3) is 0 Å². The van der Waals surface area contributed by atoms with Crippen LogP contribution in [0.4, 0.5) is 0 Å². The van der Waals surface area contributed by atoms with Crippen molar-refractivity contribution in [1.29, 1.82) is 0 Å². The van der Waals surface area contributed by atoms with Gasteiger partial charge in [0.05, 0.1) is 5.92 Å². The molecule has 0 aliphatic heterocycles. The van der Waals surface area contributed by atoms with Crippen LogP contribution >= 0.6 is 11.8 Å². The molecule has 19 heavy (non-hydrogen) atoms. The molecular weight excluding hydrogens is 264 g/mol. The number of thioether (sulfide) groups is 1. The van der Waals surface area contributed by atoms with E-state index in [1.54, 1.807) is 11.8 Å². The second-order valence-corrected chi connectivity index (χ2v) is 6.86. The number of carbonyl (C=O) groups excluding carboxylic acids is 1. The van der Waals surface area contributed by atoms with Crippen LogP contribution < -0.4 is 11.1 Å². The third-order valence-electron chi connectivity index (χ3n) is 2.74. The van der Waals surface area contributed by atoms with Gasteiger partial charge >= 0.3 is 5.97 Å². The molecule has 1 amide bonds. The van der Waals surface area contributed by atoms with Crippen molar-refractivity contribution in [3.8, 4) is 0 Å². The summed E-state index contributed by atoms with van der Waals surface area (Å²) >= 11 is 1.56. The molecule has 0 aromatic heterocycles. The first-order valence-electron chi connectivity index (χ1n) is 6.43. The largest absolute Gasteiger partial charge is 0.480 e. The average molecular weight is 290 g/mol. The Morgan fingerprint density at radius 1 is 1.37 bits per heavy atom. The maximum absolute atomic E-state index is 12.1. The first-order valence-corrected chi connectivity index (χ1v) is 7.83. The van der Waals surface area contributed by atoms with E-state index in [0.717, 1.165) is 0 Å². The fourth-order valence-electron chi connectivity index (χ4n) is 1.80. The summed E-state index contributed by atoms with van der Waals surface area (Å²) in [4.78, 5) is 23.2. The zero-order valence-electron chi connectivity index (χ0n) is 12.2.